The molecule has 0 amide bonds. The standard InChI is InChI=1S/C51H33N3S2/c1-2-3-13-38-28-36-17-18-37(30-47(36)55-38)50-52-49(32-11-5-4-6-12-32)53-51(54-50)43-15-9-16-46-48(43)44-29-34(22-26-45(44)56-46)33-20-23-40-35(27-33)21-25-41-39-14-8-7-10-31(39)19-24-42(40)41/h2,4-12,14-30H,1,3,13H2. The Kier molecular flexibility index (Phi) is 7.83. The normalized spacial score (nSPS) is 11.8. The molecule has 3 aromatic heterocycles. The minimum atomic E-state index is 0.664. The largest absolute Gasteiger partial charge is 0.208 e. The average molecular weight is 752 g/mol. The third kappa shape index (κ3) is 5.59. The average Bonchev–Trinajstić information content (AvgIpc) is 3.86. The van der Waals surface area contributed by atoms with Crippen LogP contribution in [0.3, 0.4) is 0 Å². The molecule has 0 N–H and O–H groups in total. The van der Waals surface area contributed by atoms with E-state index in [1.807, 2.05) is 46.9 Å². The second-order valence-electron chi connectivity index (χ2n) is 14.3. The van der Waals surface area contributed by atoms with Crippen molar-refractivity contribution in [2.24, 2.45) is 0 Å². The molecule has 0 atom stereocenters. The molecule has 0 saturated heterocycles. The van der Waals surface area contributed by atoms with E-state index in [0.717, 1.165) is 29.5 Å². The molecule has 5 heteroatoms. The minimum Gasteiger partial charge on any atom is -0.208 e. The third-order valence-electron chi connectivity index (χ3n) is 10.9. The molecular formula is C51H33N3S2. The second-order valence-corrected chi connectivity index (χ2v) is 16.6. The van der Waals surface area contributed by atoms with Crippen molar-refractivity contribution in [2.45, 2.75) is 12.8 Å². The van der Waals surface area contributed by atoms with E-state index in [2.05, 4.69) is 146 Å². The Balaban J connectivity index is 1.05. The molecule has 3 nitrogen and oxygen atoms in total. The zero-order valence-electron chi connectivity index (χ0n) is 30.4. The molecule has 0 radical (unpaired) electrons. The molecule has 8 aromatic carbocycles. The summed E-state index contributed by atoms with van der Waals surface area (Å²) in [5, 5.41) is 11.3. The van der Waals surface area contributed by atoms with Crippen molar-refractivity contribution in [2.75, 3.05) is 0 Å². The number of nitrogens with zero attached hydrogens (tertiary/aromatic N) is 3. The van der Waals surface area contributed by atoms with Gasteiger partial charge in [0.15, 0.2) is 17.5 Å². The third-order valence-corrected chi connectivity index (χ3v) is 13.2. The fourth-order valence-electron chi connectivity index (χ4n) is 8.14. The number of fused-ring (bicyclic) bond motifs is 9. The van der Waals surface area contributed by atoms with Crippen molar-refractivity contribution in [1.82, 2.24) is 15.0 Å². The molecule has 0 spiro atoms. The van der Waals surface area contributed by atoms with Crippen LogP contribution in [-0.4, -0.2) is 15.0 Å². The molecule has 56 heavy (non-hydrogen) atoms. The number of aromatic nitrogens is 3. The summed E-state index contributed by atoms with van der Waals surface area (Å²) in [5.74, 6) is 2.01. The Morgan fingerprint density at radius 3 is 2.00 bits per heavy atom. The maximum atomic E-state index is 5.23. The summed E-state index contributed by atoms with van der Waals surface area (Å²) in [6.07, 6.45) is 3.96. The number of allylic oxidation sites excluding steroid dienone is 1. The number of aryl methyl sites for hydroxylation is 1. The van der Waals surface area contributed by atoms with Crippen LogP contribution in [0.15, 0.2) is 170 Å². The van der Waals surface area contributed by atoms with Crippen LogP contribution in [0.25, 0.3) is 108 Å². The quantitative estimate of drug-likeness (QED) is 0.120. The lowest BCUT2D eigenvalue weighted by molar-refractivity contribution is 1.03. The van der Waals surface area contributed by atoms with Crippen LogP contribution in [0.1, 0.15) is 11.3 Å². The van der Waals surface area contributed by atoms with Crippen LogP contribution in [0.5, 0.6) is 0 Å². The van der Waals surface area contributed by atoms with Crippen molar-refractivity contribution in [1.29, 1.82) is 0 Å². The van der Waals surface area contributed by atoms with E-state index < -0.39 is 0 Å². The van der Waals surface area contributed by atoms with E-state index in [4.69, 9.17) is 15.0 Å². The first-order chi connectivity index (χ1) is 27.7. The number of rotatable bonds is 7. The first kappa shape index (κ1) is 32.9. The molecule has 264 valence electrons. The van der Waals surface area contributed by atoms with E-state index in [1.54, 1.807) is 0 Å². The topological polar surface area (TPSA) is 38.7 Å². The monoisotopic (exact) mass is 751 g/mol. The lowest BCUT2D eigenvalue weighted by Crippen LogP contribution is -2.00. The molecule has 11 rings (SSSR count). The van der Waals surface area contributed by atoms with Crippen molar-refractivity contribution >= 4 is 85.2 Å². The number of hydrogen-bond acceptors (Lipinski definition) is 5. The van der Waals surface area contributed by atoms with Gasteiger partial charge in [0.25, 0.3) is 0 Å². The van der Waals surface area contributed by atoms with Gasteiger partial charge >= 0.3 is 0 Å². The van der Waals surface area contributed by atoms with E-state index >= 15 is 0 Å². The van der Waals surface area contributed by atoms with Crippen LogP contribution in [0, 0.1) is 0 Å². The molecule has 0 aliphatic heterocycles. The highest BCUT2D eigenvalue weighted by atomic mass is 32.1. The Morgan fingerprint density at radius 2 is 1.12 bits per heavy atom. The SMILES string of the molecule is C=CCCc1cc2ccc(-c3nc(-c4ccccc4)nc(-c4cccc5sc6ccc(-c7ccc8c(ccc9c%10ccccc%10ccc89)c7)cc6c45)n3)cc2s1. The molecule has 3 heterocycles. The van der Waals surface area contributed by atoms with Crippen LogP contribution < -0.4 is 0 Å². The Bertz CT molecular complexity index is 3340. The lowest BCUT2D eigenvalue weighted by atomic mass is 9.94. The summed E-state index contributed by atoms with van der Waals surface area (Å²) in [5.41, 5.74) is 5.33. The zero-order valence-corrected chi connectivity index (χ0v) is 32.0. The Morgan fingerprint density at radius 1 is 0.429 bits per heavy atom. The summed E-state index contributed by atoms with van der Waals surface area (Å²) in [4.78, 5) is 16.8. The highest BCUT2D eigenvalue weighted by molar-refractivity contribution is 7.26. The molecule has 0 fully saturated rings. The van der Waals surface area contributed by atoms with Gasteiger partial charge in [-0.1, -0.05) is 127 Å². The Hall–Kier alpha value is -6.53. The first-order valence-corrected chi connectivity index (χ1v) is 20.6. The summed E-state index contributed by atoms with van der Waals surface area (Å²) < 4.78 is 3.68. The van der Waals surface area contributed by atoms with E-state index in [-0.39, 0.29) is 0 Å². The second kappa shape index (κ2) is 13.3. The van der Waals surface area contributed by atoms with Gasteiger partial charge in [0, 0.05) is 46.4 Å². The maximum absolute atomic E-state index is 5.23. The van der Waals surface area contributed by atoms with Gasteiger partial charge in [-0.25, -0.2) is 15.0 Å². The van der Waals surface area contributed by atoms with Crippen LogP contribution in [0.4, 0.5) is 0 Å². The molecule has 0 saturated carbocycles. The van der Waals surface area contributed by atoms with Gasteiger partial charge in [-0.3, -0.25) is 0 Å². The van der Waals surface area contributed by atoms with Gasteiger partial charge in [0.05, 0.1) is 0 Å². The number of hydrogen-bond donors (Lipinski definition) is 0. The summed E-state index contributed by atoms with van der Waals surface area (Å²) >= 11 is 3.65. The fourth-order valence-corrected chi connectivity index (χ4v) is 10.4. The maximum Gasteiger partial charge on any atom is 0.164 e. The molecule has 0 aliphatic carbocycles. The van der Waals surface area contributed by atoms with E-state index in [1.165, 1.54) is 78.6 Å². The molecule has 0 aliphatic rings. The van der Waals surface area contributed by atoms with Crippen LogP contribution in [-0.2, 0) is 6.42 Å². The van der Waals surface area contributed by atoms with Crippen molar-refractivity contribution < 1.29 is 0 Å². The molecule has 0 bridgehead atoms. The summed E-state index contributed by atoms with van der Waals surface area (Å²) in [6, 6.07) is 57.0. The highest BCUT2D eigenvalue weighted by Gasteiger charge is 2.18. The minimum absolute atomic E-state index is 0.664. The van der Waals surface area contributed by atoms with Crippen molar-refractivity contribution in [3.63, 3.8) is 0 Å². The predicted octanol–water partition coefficient (Wildman–Crippen LogP) is 14.7. The molecule has 11 aromatic rings. The highest BCUT2D eigenvalue weighted by Crippen LogP contribution is 2.42. The first-order valence-electron chi connectivity index (χ1n) is 18.9. The van der Waals surface area contributed by atoms with Crippen molar-refractivity contribution in [3.8, 4) is 45.3 Å². The van der Waals surface area contributed by atoms with Crippen LogP contribution >= 0.6 is 22.7 Å². The van der Waals surface area contributed by atoms with E-state index in [0.29, 0.717) is 17.5 Å². The predicted molar refractivity (Wildman–Crippen MR) is 241 cm³/mol. The molecule has 0 unspecified atom stereocenters. The van der Waals surface area contributed by atoms with Gasteiger partial charge in [-0.2, -0.15) is 0 Å². The van der Waals surface area contributed by atoms with Gasteiger partial charge in [0.1, 0.15) is 0 Å². The van der Waals surface area contributed by atoms with Gasteiger partial charge in [-0.15, -0.1) is 29.3 Å². The van der Waals surface area contributed by atoms with Gasteiger partial charge in [-0.05, 0) is 98.1 Å². The smallest absolute Gasteiger partial charge is 0.164 e. The van der Waals surface area contributed by atoms with E-state index in [9.17, 15) is 0 Å². The lowest BCUT2D eigenvalue weighted by Gasteiger charge is -2.11. The number of benzene rings is 8. The van der Waals surface area contributed by atoms with Gasteiger partial charge in [0.2, 0.25) is 0 Å². The summed E-state index contributed by atoms with van der Waals surface area (Å²) in [6.45, 7) is 3.91. The fraction of sp³-hybridized carbons (Fsp3) is 0.0392. The Labute approximate surface area is 331 Å². The van der Waals surface area contributed by atoms with Gasteiger partial charge < -0.3 is 0 Å². The zero-order chi connectivity index (χ0) is 37.2. The number of thiophene rings is 2. The van der Waals surface area contributed by atoms with Crippen LogP contribution in [0.2, 0.25) is 0 Å². The summed E-state index contributed by atoms with van der Waals surface area (Å²) in [7, 11) is 0. The van der Waals surface area contributed by atoms with Crippen molar-refractivity contribution in [3.05, 3.63) is 175 Å². The molecular weight excluding hydrogens is 719 g/mol.